The molecule has 3 aromatic rings. The molecule has 1 atom stereocenters. The van der Waals surface area contributed by atoms with Gasteiger partial charge < -0.3 is 14.8 Å². The van der Waals surface area contributed by atoms with Crippen LogP contribution >= 0.6 is 11.3 Å². The van der Waals surface area contributed by atoms with Crippen LogP contribution in [0.1, 0.15) is 27.6 Å². The maximum Gasteiger partial charge on any atom is 0.282 e. The van der Waals surface area contributed by atoms with E-state index in [2.05, 4.69) is 10.3 Å². The molecule has 0 saturated carbocycles. The van der Waals surface area contributed by atoms with E-state index in [4.69, 9.17) is 9.47 Å². The largest absolute Gasteiger partial charge is 0.497 e. The third kappa shape index (κ3) is 3.83. The van der Waals surface area contributed by atoms with Crippen LogP contribution in [0.25, 0.3) is 11.3 Å². The van der Waals surface area contributed by atoms with Crippen molar-refractivity contribution in [2.24, 2.45) is 0 Å². The molecule has 2 aromatic carbocycles. The van der Waals surface area contributed by atoms with Gasteiger partial charge in [0.05, 0.1) is 30.4 Å². The van der Waals surface area contributed by atoms with Gasteiger partial charge >= 0.3 is 0 Å². The SMILES string of the molecule is COc1ccc(OC)c(-c2csc(NC(=O)C(C)N3C(=O)c4cccc([N+](=O)[O-])c4C3=O)n2)c1. The lowest BCUT2D eigenvalue weighted by atomic mass is 10.1. The van der Waals surface area contributed by atoms with Gasteiger partial charge in [0, 0.05) is 17.0 Å². The number of benzene rings is 2. The standard InChI is InChI=1S/C22H18N4O7S/c1-11(25-20(28)13-5-4-6-16(26(30)31)18(13)21(25)29)19(27)24-22-23-15(10-34-22)14-9-12(32-2)7-8-17(14)33-3/h4-11H,1-3H3,(H,23,24,27). The highest BCUT2D eigenvalue weighted by Gasteiger charge is 2.45. The van der Waals surface area contributed by atoms with E-state index in [0.717, 1.165) is 17.4 Å². The molecular weight excluding hydrogens is 464 g/mol. The maximum atomic E-state index is 12.9. The molecule has 0 radical (unpaired) electrons. The van der Waals surface area contributed by atoms with Crippen molar-refractivity contribution in [2.75, 3.05) is 19.5 Å². The van der Waals surface area contributed by atoms with Crippen LogP contribution in [0.2, 0.25) is 0 Å². The molecule has 1 N–H and O–H groups in total. The number of carbonyl (C=O) groups is 3. The lowest BCUT2D eigenvalue weighted by Crippen LogP contribution is -2.45. The Balaban J connectivity index is 1.55. The highest BCUT2D eigenvalue weighted by molar-refractivity contribution is 7.14. The minimum Gasteiger partial charge on any atom is -0.497 e. The molecule has 12 heteroatoms. The number of aromatic nitrogens is 1. The Morgan fingerprint density at radius 3 is 2.59 bits per heavy atom. The number of rotatable bonds is 7. The molecule has 0 aliphatic carbocycles. The first-order valence-electron chi connectivity index (χ1n) is 9.91. The van der Waals surface area contributed by atoms with Crippen molar-refractivity contribution in [2.45, 2.75) is 13.0 Å². The number of imide groups is 1. The van der Waals surface area contributed by atoms with Crippen molar-refractivity contribution >= 4 is 39.9 Å². The normalized spacial score (nSPS) is 13.4. The fraction of sp³-hybridized carbons (Fsp3) is 0.182. The number of fused-ring (bicyclic) bond motifs is 1. The quantitative estimate of drug-likeness (QED) is 0.307. The van der Waals surface area contributed by atoms with Crippen molar-refractivity contribution in [1.82, 2.24) is 9.88 Å². The smallest absolute Gasteiger partial charge is 0.282 e. The van der Waals surface area contributed by atoms with Gasteiger partial charge in [-0.25, -0.2) is 4.98 Å². The first-order chi connectivity index (χ1) is 16.3. The molecule has 0 spiro atoms. The molecule has 1 unspecified atom stereocenters. The summed E-state index contributed by atoms with van der Waals surface area (Å²) >= 11 is 1.14. The highest BCUT2D eigenvalue weighted by Crippen LogP contribution is 2.35. The van der Waals surface area contributed by atoms with Crippen molar-refractivity contribution in [1.29, 1.82) is 0 Å². The van der Waals surface area contributed by atoms with Gasteiger partial charge in [-0.15, -0.1) is 11.3 Å². The summed E-state index contributed by atoms with van der Waals surface area (Å²) in [5.74, 6) is -1.17. The van der Waals surface area contributed by atoms with E-state index < -0.39 is 34.4 Å². The Morgan fingerprint density at radius 2 is 1.91 bits per heavy atom. The highest BCUT2D eigenvalue weighted by atomic mass is 32.1. The second-order valence-corrected chi connectivity index (χ2v) is 8.06. The van der Waals surface area contributed by atoms with Crippen LogP contribution in [0.15, 0.2) is 41.8 Å². The zero-order chi connectivity index (χ0) is 24.6. The number of anilines is 1. The molecule has 1 aliphatic rings. The summed E-state index contributed by atoms with van der Waals surface area (Å²) in [7, 11) is 3.06. The fourth-order valence-corrected chi connectivity index (χ4v) is 4.30. The molecule has 11 nitrogen and oxygen atoms in total. The van der Waals surface area contributed by atoms with Gasteiger partial charge in [-0.2, -0.15) is 0 Å². The van der Waals surface area contributed by atoms with E-state index in [0.29, 0.717) is 27.7 Å². The van der Waals surface area contributed by atoms with Crippen LogP contribution in [0, 0.1) is 10.1 Å². The number of hydrogen-bond donors (Lipinski definition) is 1. The molecule has 3 amide bonds. The average molecular weight is 482 g/mol. The predicted octanol–water partition coefficient (Wildman–Crippen LogP) is 3.36. The van der Waals surface area contributed by atoms with Gasteiger partial charge in [-0.05, 0) is 31.2 Å². The maximum absolute atomic E-state index is 12.9. The van der Waals surface area contributed by atoms with Gasteiger partial charge in [-0.1, -0.05) is 6.07 Å². The van der Waals surface area contributed by atoms with Crippen LogP contribution in [0.5, 0.6) is 11.5 Å². The molecule has 34 heavy (non-hydrogen) atoms. The summed E-state index contributed by atoms with van der Waals surface area (Å²) in [5, 5.41) is 15.8. The van der Waals surface area contributed by atoms with E-state index in [1.807, 2.05) is 0 Å². The summed E-state index contributed by atoms with van der Waals surface area (Å²) in [6.07, 6.45) is 0. The van der Waals surface area contributed by atoms with Crippen molar-refractivity contribution in [3.63, 3.8) is 0 Å². The first-order valence-corrected chi connectivity index (χ1v) is 10.8. The van der Waals surface area contributed by atoms with E-state index in [9.17, 15) is 24.5 Å². The Morgan fingerprint density at radius 1 is 1.15 bits per heavy atom. The summed E-state index contributed by atoms with van der Waals surface area (Å²) in [5.41, 5.74) is 0.265. The van der Waals surface area contributed by atoms with Gasteiger partial charge in [0.1, 0.15) is 23.1 Å². The minimum atomic E-state index is -1.23. The summed E-state index contributed by atoms with van der Waals surface area (Å²) in [4.78, 5) is 54.1. The Hall–Kier alpha value is -4.32. The molecule has 0 saturated heterocycles. The Kier molecular flexibility index (Phi) is 5.99. The number of nitrogens with zero attached hydrogens (tertiary/aromatic N) is 3. The van der Waals surface area contributed by atoms with E-state index in [1.54, 1.807) is 23.6 Å². The molecular formula is C22H18N4O7S. The number of methoxy groups -OCH3 is 2. The molecule has 4 rings (SSSR count). The molecule has 1 aromatic heterocycles. The lowest BCUT2D eigenvalue weighted by molar-refractivity contribution is -0.385. The zero-order valence-corrected chi connectivity index (χ0v) is 19.0. The van der Waals surface area contributed by atoms with Crippen LogP contribution in [0.3, 0.4) is 0 Å². The van der Waals surface area contributed by atoms with Gasteiger partial charge in [0.25, 0.3) is 17.5 Å². The molecule has 174 valence electrons. The number of hydrogen-bond acceptors (Lipinski definition) is 9. The minimum absolute atomic E-state index is 0.111. The topological polar surface area (TPSA) is 141 Å². The van der Waals surface area contributed by atoms with Crippen LogP contribution in [-0.2, 0) is 4.79 Å². The predicted molar refractivity (Wildman–Crippen MR) is 122 cm³/mol. The Labute approximate surface area is 197 Å². The second-order valence-electron chi connectivity index (χ2n) is 7.21. The number of carbonyl (C=O) groups excluding carboxylic acids is 3. The van der Waals surface area contributed by atoms with Crippen LogP contribution < -0.4 is 14.8 Å². The zero-order valence-electron chi connectivity index (χ0n) is 18.2. The molecule has 1 aliphatic heterocycles. The molecule has 0 fully saturated rings. The summed E-state index contributed by atoms with van der Waals surface area (Å²) < 4.78 is 10.6. The number of ether oxygens (including phenoxy) is 2. The van der Waals surface area contributed by atoms with E-state index >= 15 is 0 Å². The monoisotopic (exact) mass is 482 g/mol. The van der Waals surface area contributed by atoms with Crippen molar-refractivity contribution in [3.8, 4) is 22.8 Å². The van der Waals surface area contributed by atoms with Gasteiger partial charge in [0.2, 0.25) is 5.91 Å². The number of amides is 3. The third-order valence-corrected chi connectivity index (χ3v) is 6.06. The lowest BCUT2D eigenvalue weighted by Gasteiger charge is -2.20. The van der Waals surface area contributed by atoms with Crippen molar-refractivity contribution < 1.29 is 28.8 Å². The van der Waals surface area contributed by atoms with Gasteiger partial charge in [0.15, 0.2) is 5.13 Å². The number of nitrogens with one attached hydrogen (secondary N) is 1. The van der Waals surface area contributed by atoms with Crippen LogP contribution in [0.4, 0.5) is 10.8 Å². The summed E-state index contributed by atoms with van der Waals surface area (Å²) in [6.45, 7) is 1.36. The average Bonchev–Trinajstić information content (AvgIpc) is 3.40. The number of nitro groups is 1. The van der Waals surface area contributed by atoms with E-state index in [-0.39, 0.29) is 16.3 Å². The van der Waals surface area contributed by atoms with E-state index in [1.165, 1.54) is 33.3 Å². The second kappa shape index (κ2) is 8.90. The Bertz CT molecular complexity index is 1340. The first kappa shape index (κ1) is 22.9. The van der Waals surface area contributed by atoms with Gasteiger partial charge in [-0.3, -0.25) is 29.4 Å². The van der Waals surface area contributed by atoms with Crippen molar-refractivity contribution in [3.05, 3.63) is 63.0 Å². The fourth-order valence-electron chi connectivity index (χ4n) is 3.59. The molecule has 0 bridgehead atoms. The molecule has 2 heterocycles. The number of nitro benzene ring substituents is 1. The number of thiazole rings is 1. The van der Waals surface area contributed by atoms with Crippen LogP contribution in [-0.4, -0.2) is 52.8 Å². The summed E-state index contributed by atoms with van der Waals surface area (Å²) in [6, 6.07) is 7.77. The third-order valence-electron chi connectivity index (χ3n) is 5.30.